The highest BCUT2D eigenvalue weighted by atomic mass is 79.9. The van der Waals surface area contributed by atoms with Crippen molar-refractivity contribution in [3.63, 3.8) is 0 Å². The lowest BCUT2D eigenvalue weighted by Crippen LogP contribution is -2.37. The summed E-state index contributed by atoms with van der Waals surface area (Å²) in [5, 5.41) is 22.1. The highest BCUT2D eigenvalue weighted by molar-refractivity contribution is 9.10. The van der Waals surface area contributed by atoms with Gasteiger partial charge in [-0.1, -0.05) is 64.5 Å². The number of urea groups is 1. The number of carbonyl (C=O) groups is 1. The molecule has 1 atom stereocenters. The van der Waals surface area contributed by atoms with Crippen LogP contribution >= 0.6 is 27.7 Å². The van der Waals surface area contributed by atoms with E-state index in [4.69, 9.17) is 10.5 Å². The van der Waals surface area contributed by atoms with Crippen LogP contribution in [0.1, 0.15) is 29.5 Å². The molecule has 0 radical (unpaired) electrons. The zero-order valence-electron chi connectivity index (χ0n) is 20.6. The van der Waals surface area contributed by atoms with E-state index in [2.05, 4.69) is 22.0 Å². The summed E-state index contributed by atoms with van der Waals surface area (Å²) in [5.74, 6) is 0.328. The van der Waals surface area contributed by atoms with Crippen LogP contribution in [0, 0.1) is 21.4 Å². The summed E-state index contributed by atoms with van der Waals surface area (Å²) < 4.78 is 6.45. The maximum Gasteiger partial charge on any atom is 0.324 e. The molecule has 38 heavy (non-hydrogen) atoms. The van der Waals surface area contributed by atoms with Gasteiger partial charge >= 0.3 is 6.03 Å². The van der Waals surface area contributed by atoms with Gasteiger partial charge in [-0.05, 0) is 35.8 Å². The van der Waals surface area contributed by atoms with Gasteiger partial charge in [0.1, 0.15) is 5.75 Å². The molecule has 3 aromatic rings. The van der Waals surface area contributed by atoms with Gasteiger partial charge in [0.25, 0.3) is 5.69 Å². The number of benzene rings is 3. The number of nitro groups is 1. The lowest BCUT2D eigenvalue weighted by molar-refractivity contribution is -0.384. The minimum Gasteiger partial charge on any atom is -0.496 e. The maximum atomic E-state index is 12.9. The van der Waals surface area contributed by atoms with Crippen LogP contribution in [0.3, 0.4) is 0 Å². The molecule has 1 unspecified atom stereocenters. The summed E-state index contributed by atoms with van der Waals surface area (Å²) in [6, 6.07) is 22.9. The predicted octanol–water partition coefficient (Wildman–Crippen LogP) is 6.94. The van der Waals surface area contributed by atoms with Gasteiger partial charge in [-0.15, -0.1) is 11.8 Å². The first-order chi connectivity index (χ1) is 18.3. The number of nitriles is 1. The van der Waals surface area contributed by atoms with Gasteiger partial charge in [0.2, 0.25) is 0 Å². The molecule has 10 heteroatoms. The minimum absolute atomic E-state index is 0.0337. The summed E-state index contributed by atoms with van der Waals surface area (Å²) in [5.41, 5.74) is 9.70. The van der Waals surface area contributed by atoms with E-state index in [1.54, 1.807) is 26.2 Å². The Bertz CT molecular complexity index is 1530. The lowest BCUT2D eigenvalue weighted by Gasteiger charge is -2.37. The van der Waals surface area contributed by atoms with E-state index in [0.29, 0.717) is 33.2 Å². The van der Waals surface area contributed by atoms with Crippen molar-refractivity contribution in [1.82, 2.24) is 4.90 Å². The number of hydrogen-bond donors (Lipinski definition) is 1. The van der Waals surface area contributed by atoms with Crippen LogP contribution in [0.15, 0.2) is 93.6 Å². The predicted molar refractivity (Wildman–Crippen MR) is 151 cm³/mol. The van der Waals surface area contributed by atoms with Crippen LogP contribution in [0.25, 0.3) is 5.57 Å². The third-order valence-electron chi connectivity index (χ3n) is 6.19. The largest absolute Gasteiger partial charge is 0.496 e. The molecule has 4 rings (SSSR count). The van der Waals surface area contributed by atoms with Crippen molar-refractivity contribution in [2.75, 3.05) is 7.11 Å². The molecule has 0 saturated carbocycles. The molecule has 0 aromatic heterocycles. The lowest BCUT2D eigenvalue weighted by atomic mass is 9.78. The van der Waals surface area contributed by atoms with E-state index in [9.17, 15) is 20.2 Å². The Labute approximate surface area is 232 Å². The Morgan fingerprint density at radius 1 is 1.18 bits per heavy atom. The molecule has 2 amide bonds. The number of para-hydroxylation sites is 1. The number of nitrogens with zero attached hydrogens (tertiary/aromatic N) is 3. The number of non-ortho nitro benzene ring substituents is 1. The third kappa shape index (κ3) is 5.16. The fourth-order valence-corrected chi connectivity index (χ4v) is 6.21. The summed E-state index contributed by atoms with van der Waals surface area (Å²) >= 11 is 4.88. The number of primary amides is 1. The van der Waals surface area contributed by atoms with Gasteiger partial charge in [0.15, 0.2) is 0 Å². The van der Waals surface area contributed by atoms with Crippen molar-refractivity contribution in [3.05, 3.63) is 120 Å². The van der Waals surface area contributed by atoms with Crippen molar-refractivity contribution < 1.29 is 14.5 Å². The Morgan fingerprint density at radius 3 is 2.55 bits per heavy atom. The van der Waals surface area contributed by atoms with Gasteiger partial charge in [0.05, 0.1) is 34.6 Å². The molecular formula is C28H23BrN4O4S. The van der Waals surface area contributed by atoms with Gasteiger partial charge < -0.3 is 10.5 Å². The number of amides is 2. The zero-order valence-corrected chi connectivity index (χ0v) is 23.0. The fourth-order valence-electron chi connectivity index (χ4n) is 4.54. The first-order valence-electron chi connectivity index (χ1n) is 11.5. The van der Waals surface area contributed by atoms with Crippen LogP contribution in [0.2, 0.25) is 0 Å². The number of thioether (sulfide) groups is 1. The number of carbonyl (C=O) groups excluding carboxylic acids is 1. The molecule has 0 fully saturated rings. The van der Waals surface area contributed by atoms with E-state index in [1.807, 2.05) is 48.5 Å². The van der Waals surface area contributed by atoms with E-state index in [0.717, 1.165) is 15.6 Å². The molecule has 0 saturated heterocycles. The second kappa shape index (κ2) is 11.5. The van der Waals surface area contributed by atoms with E-state index in [1.165, 1.54) is 28.8 Å². The van der Waals surface area contributed by atoms with Crippen molar-refractivity contribution in [2.45, 2.75) is 18.6 Å². The zero-order chi connectivity index (χ0) is 27.4. The molecule has 2 N–H and O–H groups in total. The monoisotopic (exact) mass is 590 g/mol. The Morgan fingerprint density at radius 2 is 1.89 bits per heavy atom. The fraction of sp³-hybridized carbons (Fsp3) is 0.143. The number of nitrogens with two attached hydrogens (primary N) is 1. The molecule has 1 heterocycles. The van der Waals surface area contributed by atoms with Gasteiger partial charge in [-0.2, -0.15) is 5.26 Å². The van der Waals surface area contributed by atoms with E-state index >= 15 is 0 Å². The van der Waals surface area contributed by atoms with Crippen molar-refractivity contribution in [1.29, 1.82) is 5.26 Å². The van der Waals surface area contributed by atoms with Crippen molar-refractivity contribution >= 4 is 45.0 Å². The molecule has 1 aliphatic heterocycles. The quantitative estimate of drug-likeness (QED) is 0.235. The van der Waals surface area contributed by atoms with Gasteiger partial charge in [-0.3, -0.25) is 15.0 Å². The summed E-state index contributed by atoms with van der Waals surface area (Å²) in [6.45, 7) is 1.79. The second-order valence-corrected chi connectivity index (χ2v) is 10.2. The Kier molecular flexibility index (Phi) is 8.20. The topological polar surface area (TPSA) is 122 Å². The van der Waals surface area contributed by atoms with Gasteiger partial charge in [-0.25, -0.2) is 4.79 Å². The average molecular weight is 591 g/mol. The highest BCUT2D eigenvalue weighted by Crippen LogP contribution is 2.51. The molecule has 3 aromatic carbocycles. The van der Waals surface area contributed by atoms with Crippen LogP contribution < -0.4 is 10.5 Å². The Balaban J connectivity index is 1.93. The van der Waals surface area contributed by atoms with E-state index < -0.39 is 16.9 Å². The maximum absolute atomic E-state index is 12.9. The van der Waals surface area contributed by atoms with E-state index in [-0.39, 0.29) is 11.4 Å². The van der Waals surface area contributed by atoms with Crippen molar-refractivity contribution in [3.8, 4) is 11.8 Å². The van der Waals surface area contributed by atoms with Crippen LogP contribution in [0.5, 0.6) is 5.75 Å². The summed E-state index contributed by atoms with van der Waals surface area (Å²) in [7, 11) is 1.57. The van der Waals surface area contributed by atoms with Crippen LogP contribution in [-0.4, -0.2) is 23.0 Å². The molecular weight excluding hydrogens is 568 g/mol. The molecule has 0 bridgehead atoms. The Hall–Kier alpha value is -4.07. The van der Waals surface area contributed by atoms with Crippen LogP contribution in [0.4, 0.5) is 10.5 Å². The number of nitro benzene ring substituents is 1. The number of ether oxygens (including phenoxy) is 1. The summed E-state index contributed by atoms with van der Waals surface area (Å²) in [6.07, 6.45) is 0. The smallest absolute Gasteiger partial charge is 0.324 e. The second-order valence-electron chi connectivity index (χ2n) is 8.37. The standard InChI is InChI=1S/C28H23BrN4O4S/c1-17-25(21-11-4-6-13-24(21)37-2)26(20-10-3-5-12-23(20)29)22(15-30)27(32(17)28(31)34)38-16-18-8-7-9-19(14-18)33(35)36/h3-14,26H,16H2,1-2H3,(H2,31,34). The number of methoxy groups -OCH3 is 1. The number of hydrogen-bond acceptors (Lipinski definition) is 6. The minimum atomic E-state index is -0.741. The summed E-state index contributed by atoms with van der Waals surface area (Å²) in [4.78, 5) is 25.0. The third-order valence-corrected chi connectivity index (χ3v) is 8.06. The molecule has 0 spiro atoms. The number of allylic oxidation sites excluding steroid dienone is 3. The number of rotatable bonds is 7. The van der Waals surface area contributed by atoms with Crippen LogP contribution in [-0.2, 0) is 5.75 Å². The molecule has 1 aliphatic rings. The number of halogens is 1. The van der Waals surface area contributed by atoms with Crippen molar-refractivity contribution in [2.24, 2.45) is 5.73 Å². The highest BCUT2D eigenvalue weighted by Gasteiger charge is 2.39. The van der Waals surface area contributed by atoms with Gasteiger partial charge in [0, 0.05) is 33.6 Å². The molecule has 0 aliphatic carbocycles. The molecule has 8 nitrogen and oxygen atoms in total. The molecule has 192 valence electrons. The first kappa shape index (κ1) is 27.0. The first-order valence-corrected chi connectivity index (χ1v) is 13.2. The normalized spacial score (nSPS) is 15.3. The SMILES string of the molecule is COc1ccccc1C1=C(C)N(C(N)=O)C(SCc2cccc([N+](=O)[O-])c2)=C(C#N)C1c1ccccc1Br. The average Bonchev–Trinajstić information content (AvgIpc) is 2.91.